The molecule has 0 bridgehead atoms. The van der Waals surface area contributed by atoms with E-state index in [0.717, 1.165) is 42.9 Å². The number of anilines is 1. The van der Waals surface area contributed by atoms with E-state index in [0.29, 0.717) is 24.4 Å². The SMILES string of the molecule is CC.CC[C@@H]1CC=C1[C@H](OC)[C@@H]1CC[C@H]1CN1C[C@@]2(CCCc3cc(C)ccc32)COc2ccc(C(C)=O)cc21.O. The number of hydrogen-bond donors (Lipinski definition) is 0. The number of carbonyl (C=O) groups excluding carboxylic acids is 1. The third kappa shape index (κ3) is 5.85. The smallest absolute Gasteiger partial charge is 0.159 e. The number of Topliss-reactive ketones (excluding diaryl/α,β-unsaturated/α-hetero) is 1. The van der Waals surface area contributed by atoms with Gasteiger partial charge in [0.05, 0.1) is 18.4 Å². The number of fused-ring (bicyclic) bond motifs is 3. The van der Waals surface area contributed by atoms with Crippen molar-refractivity contribution in [2.45, 2.75) is 91.1 Å². The number of nitrogens with zero attached hydrogens (tertiary/aromatic N) is 1. The molecule has 224 valence electrons. The number of aryl methyl sites for hydroxylation is 2. The van der Waals surface area contributed by atoms with Crippen LogP contribution in [0.1, 0.15) is 93.3 Å². The Morgan fingerprint density at radius 2 is 1.98 bits per heavy atom. The number of allylic oxidation sites excluding steroid dienone is 1. The van der Waals surface area contributed by atoms with E-state index in [4.69, 9.17) is 9.47 Å². The largest absolute Gasteiger partial charge is 0.490 e. The maximum atomic E-state index is 12.4. The Morgan fingerprint density at radius 3 is 2.61 bits per heavy atom. The van der Waals surface area contributed by atoms with Crippen LogP contribution in [-0.2, 0) is 16.6 Å². The Labute approximate surface area is 247 Å². The third-order valence-electron chi connectivity index (χ3n) is 10.1. The molecule has 1 heterocycles. The summed E-state index contributed by atoms with van der Waals surface area (Å²) in [6.07, 6.45) is 11.0. The molecule has 4 aliphatic rings. The Bertz CT molecular complexity index is 1250. The number of ketones is 1. The fraction of sp³-hybridized carbons (Fsp3) is 0.583. The van der Waals surface area contributed by atoms with Crippen LogP contribution < -0.4 is 9.64 Å². The molecular weight excluding hydrogens is 510 g/mol. The molecule has 0 unspecified atom stereocenters. The van der Waals surface area contributed by atoms with Crippen LogP contribution in [0.4, 0.5) is 5.69 Å². The van der Waals surface area contributed by atoms with Crippen LogP contribution in [0.15, 0.2) is 48.0 Å². The summed E-state index contributed by atoms with van der Waals surface area (Å²) in [5.41, 5.74) is 7.63. The molecule has 2 aromatic rings. The topological polar surface area (TPSA) is 70.3 Å². The van der Waals surface area contributed by atoms with E-state index in [2.05, 4.69) is 49.1 Å². The minimum atomic E-state index is -0.0413. The predicted octanol–water partition coefficient (Wildman–Crippen LogP) is 7.27. The molecule has 1 aliphatic heterocycles. The predicted molar refractivity (Wildman–Crippen MR) is 168 cm³/mol. The van der Waals surface area contributed by atoms with Crippen LogP contribution in [0.3, 0.4) is 0 Å². The monoisotopic (exact) mass is 561 g/mol. The molecule has 0 saturated heterocycles. The second kappa shape index (κ2) is 13.1. The maximum Gasteiger partial charge on any atom is 0.159 e. The van der Waals surface area contributed by atoms with Gasteiger partial charge in [-0.3, -0.25) is 4.79 Å². The van der Waals surface area contributed by atoms with Gasteiger partial charge < -0.3 is 19.8 Å². The van der Waals surface area contributed by atoms with E-state index < -0.39 is 0 Å². The third-order valence-corrected chi connectivity index (χ3v) is 10.1. The molecule has 1 spiro atoms. The van der Waals surface area contributed by atoms with Crippen LogP contribution in [0, 0.1) is 24.7 Å². The van der Waals surface area contributed by atoms with Gasteiger partial charge in [0.2, 0.25) is 0 Å². The van der Waals surface area contributed by atoms with Gasteiger partial charge in [-0.1, -0.05) is 50.6 Å². The number of ether oxygens (including phenoxy) is 2. The van der Waals surface area contributed by atoms with Gasteiger partial charge in [0.15, 0.2) is 5.78 Å². The molecule has 5 heteroatoms. The summed E-state index contributed by atoms with van der Waals surface area (Å²) in [7, 11) is 1.90. The quantitative estimate of drug-likeness (QED) is 0.263. The molecule has 2 aromatic carbocycles. The number of hydrogen-bond acceptors (Lipinski definition) is 4. The van der Waals surface area contributed by atoms with Crippen molar-refractivity contribution in [1.29, 1.82) is 0 Å². The summed E-state index contributed by atoms with van der Waals surface area (Å²) in [6, 6.07) is 13.1. The zero-order valence-corrected chi connectivity index (χ0v) is 26.1. The Hall–Kier alpha value is -2.63. The fourth-order valence-electron chi connectivity index (χ4n) is 7.73. The second-order valence-electron chi connectivity index (χ2n) is 12.4. The van der Waals surface area contributed by atoms with E-state index in [1.807, 2.05) is 33.1 Å². The lowest BCUT2D eigenvalue weighted by molar-refractivity contribution is -0.00260. The zero-order chi connectivity index (χ0) is 28.4. The van der Waals surface area contributed by atoms with Gasteiger partial charge in [-0.15, -0.1) is 0 Å². The standard InChI is InChI=1S/C34H43NO3.C2H6.H2O/c1-5-24-9-12-28(24)33(37-4)29-13-10-27(29)19-35-20-34(16-6-7-26-17-22(2)8-14-30(26)34)21-38-32-15-11-25(23(3)36)18-31(32)35;1-2;/h8,11-12,14-15,17-18,24,27,29,33H,5-7,9-10,13,16,19-21H2,1-4H3;1-2H3;1H2/t24-,27+,29-,33+,34+;;/m1../s1. The van der Waals surface area contributed by atoms with Crippen molar-refractivity contribution in [3.63, 3.8) is 0 Å². The first kappa shape index (κ1) is 31.3. The Kier molecular flexibility index (Phi) is 10.0. The van der Waals surface area contributed by atoms with Crippen LogP contribution >= 0.6 is 0 Å². The van der Waals surface area contributed by atoms with Gasteiger partial charge in [-0.25, -0.2) is 0 Å². The van der Waals surface area contributed by atoms with Crippen LogP contribution in [-0.4, -0.2) is 44.2 Å². The molecule has 0 amide bonds. The summed E-state index contributed by atoms with van der Waals surface area (Å²) < 4.78 is 12.8. The lowest BCUT2D eigenvalue weighted by Crippen LogP contribution is -2.50. The minimum absolute atomic E-state index is 0. The summed E-state index contributed by atoms with van der Waals surface area (Å²) in [4.78, 5) is 15.0. The normalized spacial score (nSPS) is 26.7. The van der Waals surface area contributed by atoms with Crippen molar-refractivity contribution in [2.24, 2.45) is 17.8 Å². The van der Waals surface area contributed by atoms with Gasteiger partial charge in [0.25, 0.3) is 0 Å². The van der Waals surface area contributed by atoms with Crippen molar-refractivity contribution in [2.75, 3.05) is 31.7 Å². The highest BCUT2D eigenvalue weighted by atomic mass is 16.5. The fourth-order valence-corrected chi connectivity index (χ4v) is 7.73. The second-order valence-corrected chi connectivity index (χ2v) is 12.4. The molecule has 3 aliphatic carbocycles. The molecule has 41 heavy (non-hydrogen) atoms. The van der Waals surface area contributed by atoms with E-state index >= 15 is 0 Å². The van der Waals surface area contributed by atoms with Gasteiger partial charge in [0.1, 0.15) is 5.75 Å². The van der Waals surface area contributed by atoms with E-state index in [-0.39, 0.29) is 22.8 Å². The number of methoxy groups -OCH3 is 1. The van der Waals surface area contributed by atoms with E-state index in [9.17, 15) is 4.79 Å². The van der Waals surface area contributed by atoms with Crippen molar-refractivity contribution in [3.8, 4) is 5.75 Å². The molecular formula is C36H51NO4. The van der Waals surface area contributed by atoms with Crippen LogP contribution in [0.5, 0.6) is 5.75 Å². The highest BCUT2D eigenvalue weighted by Gasteiger charge is 2.46. The van der Waals surface area contributed by atoms with E-state index in [1.54, 1.807) is 6.92 Å². The summed E-state index contributed by atoms with van der Waals surface area (Å²) in [5, 5.41) is 0. The van der Waals surface area contributed by atoms with Crippen LogP contribution in [0.25, 0.3) is 0 Å². The lowest BCUT2D eigenvalue weighted by atomic mass is 9.64. The minimum Gasteiger partial charge on any atom is -0.490 e. The molecule has 2 N–H and O–H groups in total. The number of carbonyl (C=O) groups is 1. The zero-order valence-electron chi connectivity index (χ0n) is 26.1. The molecule has 1 saturated carbocycles. The van der Waals surface area contributed by atoms with Crippen molar-refractivity contribution in [1.82, 2.24) is 0 Å². The molecule has 1 fully saturated rings. The summed E-state index contributed by atoms with van der Waals surface area (Å²) in [6.45, 7) is 12.7. The first-order valence-electron chi connectivity index (χ1n) is 15.8. The highest BCUT2D eigenvalue weighted by molar-refractivity contribution is 5.95. The first-order valence-corrected chi connectivity index (χ1v) is 15.8. The maximum absolute atomic E-state index is 12.4. The number of rotatable bonds is 7. The van der Waals surface area contributed by atoms with Crippen molar-refractivity contribution < 1.29 is 19.7 Å². The van der Waals surface area contributed by atoms with Crippen LogP contribution in [0.2, 0.25) is 0 Å². The Balaban J connectivity index is 0.00000126. The van der Waals surface area contributed by atoms with Crippen molar-refractivity contribution in [3.05, 3.63) is 70.3 Å². The average Bonchev–Trinajstić information content (AvgIpc) is 3.08. The first-order chi connectivity index (χ1) is 19.4. The van der Waals surface area contributed by atoms with Gasteiger partial charge >= 0.3 is 0 Å². The summed E-state index contributed by atoms with van der Waals surface area (Å²) >= 11 is 0. The average molecular weight is 562 g/mol. The lowest BCUT2D eigenvalue weighted by Gasteiger charge is -2.48. The van der Waals surface area contributed by atoms with Crippen molar-refractivity contribution >= 4 is 11.5 Å². The molecule has 0 radical (unpaired) electrons. The molecule has 0 aromatic heterocycles. The van der Waals surface area contributed by atoms with Gasteiger partial charge in [0, 0.05) is 31.2 Å². The molecule has 5 atom stereocenters. The number of benzene rings is 2. The Morgan fingerprint density at radius 1 is 1.17 bits per heavy atom. The van der Waals surface area contributed by atoms with Gasteiger partial charge in [-0.2, -0.15) is 0 Å². The highest BCUT2D eigenvalue weighted by Crippen LogP contribution is 2.49. The molecule has 5 nitrogen and oxygen atoms in total. The molecule has 6 rings (SSSR count). The van der Waals surface area contributed by atoms with E-state index in [1.165, 1.54) is 54.4 Å². The van der Waals surface area contributed by atoms with Gasteiger partial charge in [-0.05, 0) is 111 Å². The summed E-state index contributed by atoms with van der Waals surface area (Å²) in [5.74, 6) is 2.84.